The molecule has 2 N–H and O–H groups in total. The summed E-state index contributed by atoms with van der Waals surface area (Å²) in [7, 11) is 0. The van der Waals surface area contributed by atoms with Gasteiger partial charge in [-0.2, -0.15) is 0 Å². The fraction of sp³-hybridized carbons (Fsp3) is 0.250. The molecule has 1 aromatic rings. The number of halogens is 2. The first-order valence-electron chi connectivity index (χ1n) is 6.55. The Morgan fingerprint density at radius 2 is 1.91 bits per heavy atom. The number of carbonyl (C=O) groups is 2. The third-order valence-electron chi connectivity index (χ3n) is 3.97. The Bertz CT molecular complexity index is 706. The smallest absolute Gasteiger partial charge is 0.331 e. The van der Waals surface area contributed by atoms with Gasteiger partial charge in [-0.05, 0) is 37.5 Å². The molecule has 0 aromatic heterocycles. The van der Waals surface area contributed by atoms with Crippen molar-refractivity contribution >= 4 is 35.1 Å². The van der Waals surface area contributed by atoms with Crippen LogP contribution in [0.5, 0.6) is 0 Å². The first-order chi connectivity index (χ1) is 10.3. The average Bonchev–Trinajstić information content (AvgIpc) is 2.43. The number of carboxylic acids is 2. The van der Waals surface area contributed by atoms with E-state index in [1.165, 1.54) is 6.08 Å². The van der Waals surface area contributed by atoms with Gasteiger partial charge in [0, 0.05) is 15.6 Å². The summed E-state index contributed by atoms with van der Waals surface area (Å²) < 4.78 is 0. The maximum Gasteiger partial charge on any atom is 0.331 e. The molecule has 0 fully saturated rings. The SMILES string of the molecule is CC1=CC=C(C(=O)O)CC1(Cc1ccc(Cl)cc1Cl)C(=O)O. The number of hydrogen-bond acceptors (Lipinski definition) is 2. The first kappa shape index (κ1) is 16.6. The summed E-state index contributed by atoms with van der Waals surface area (Å²) in [4.78, 5) is 23.1. The molecule has 1 aromatic carbocycles. The molecule has 1 unspecified atom stereocenters. The lowest BCUT2D eigenvalue weighted by Gasteiger charge is -2.33. The van der Waals surface area contributed by atoms with E-state index in [1.54, 1.807) is 31.2 Å². The molecule has 0 heterocycles. The lowest BCUT2D eigenvalue weighted by molar-refractivity contribution is -0.146. The molecule has 2 rings (SSSR count). The third kappa shape index (κ3) is 3.03. The molecule has 0 spiro atoms. The van der Waals surface area contributed by atoms with E-state index in [1.807, 2.05) is 0 Å². The lowest BCUT2D eigenvalue weighted by Crippen LogP contribution is -2.37. The largest absolute Gasteiger partial charge is 0.481 e. The molecule has 4 nitrogen and oxygen atoms in total. The summed E-state index contributed by atoms with van der Waals surface area (Å²) in [6.07, 6.45) is 3.01. The van der Waals surface area contributed by atoms with Crippen molar-refractivity contribution in [1.29, 1.82) is 0 Å². The van der Waals surface area contributed by atoms with Crippen LogP contribution in [0.1, 0.15) is 18.9 Å². The van der Waals surface area contributed by atoms with Crippen LogP contribution in [-0.2, 0) is 16.0 Å². The summed E-state index contributed by atoms with van der Waals surface area (Å²) in [5, 5.41) is 19.7. The maximum absolute atomic E-state index is 11.9. The van der Waals surface area contributed by atoms with E-state index in [4.69, 9.17) is 28.3 Å². The second kappa shape index (κ2) is 6.15. The number of carboxylic acid groups (broad SMARTS) is 2. The molecular weight excluding hydrogens is 327 g/mol. The van der Waals surface area contributed by atoms with E-state index in [0.717, 1.165) is 0 Å². The Labute approximate surface area is 137 Å². The highest BCUT2D eigenvalue weighted by atomic mass is 35.5. The highest BCUT2D eigenvalue weighted by Gasteiger charge is 2.43. The Morgan fingerprint density at radius 1 is 1.23 bits per heavy atom. The molecule has 0 radical (unpaired) electrons. The van der Waals surface area contributed by atoms with Crippen LogP contribution in [0.25, 0.3) is 0 Å². The predicted octanol–water partition coefficient (Wildman–Crippen LogP) is 3.97. The van der Waals surface area contributed by atoms with E-state index >= 15 is 0 Å². The normalized spacial score (nSPS) is 21.0. The number of rotatable bonds is 4. The third-order valence-corrected chi connectivity index (χ3v) is 4.56. The molecule has 0 bridgehead atoms. The van der Waals surface area contributed by atoms with Gasteiger partial charge in [0.15, 0.2) is 0 Å². The highest BCUT2D eigenvalue weighted by Crippen LogP contribution is 2.42. The van der Waals surface area contributed by atoms with Gasteiger partial charge in [0.2, 0.25) is 0 Å². The van der Waals surface area contributed by atoms with Crippen LogP contribution in [0.2, 0.25) is 10.0 Å². The fourth-order valence-electron chi connectivity index (χ4n) is 2.57. The number of aliphatic carboxylic acids is 2. The van der Waals surface area contributed by atoms with Gasteiger partial charge < -0.3 is 10.2 Å². The van der Waals surface area contributed by atoms with Crippen LogP contribution >= 0.6 is 23.2 Å². The minimum Gasteiger partial charge on any atom is -0.481 e. The van der Waals surface area contributed by atoms with Crippen LogP contribution in [0.4, 0.5) is 0 Å². The summed E-state index contributed by atoms with van der Waals surface area (Å²) in [6.45, 7) is 1.69. The molecule has 1 atom stereocenters. The zero-order valence-corrected chi connectivity index (χ0v) is 13.3. The number of hydrogen-bond donors (Lipinski definition) is 2. The van der Waals surface area contributed by atoms with Crippen molar-refractivity contribution in [1.82, 2.24) is 0 Å². The van der Waals surface area contributed by atoms with Gasteiger partial charge in [-0.15, -0.1) is 0 Å². The number of allylic oxidation sites excluding steroid dienone is 2. The standard InChI is InChI=1S/C16H14Cl2O4/c1-9-2-3-11(14(19)20)8-16(9,15(21)22)7-10-4-5-12(17)6-13(10)18/h2-6H,7-8H2,1H3,(H,19,20)(H,21,22). The Balaban J connectivity index is 2.46. The molecule has 1 aliphatic carbocycles. The van der Waals surface area contributed by atoms with Crippen LogP contribution in [-0.4, -0.2) is 22.2 Å². The van der Waals surface area contributed by atoms with E-state index in [-0.39, 0.29) is 18.4 Å². The zero-order valence-electron chi connectivity index (χ0n) is 11.8. The van der Waals surface area contributed by atoms with E-state index < -0.39 is 17.4 Å². The van der Waals surface area contributed by atoms with Crippen molar-refractivity contribution in [2.24, 2.45) is 5.41 Å². The summed E-state index contributed by atoms with van der Waals surface area (Å²) in [6, 6.07) is 4.85. The maximum atomic E-state index is 11.9. The van der Waals surface area contributed by atoms with Gasteiger partial charge in [-0.3, -0.25) is 4.79 Å². The molecule has 116 valence electrons. The van der Waals surface area contributed by atoms with Gasteiger partial charge in [0.25, 0.3) is 0 Å². The van der Waals surface area contributed by atoms with Crippen LogP contribution < -0.4 is 0 Å². The average molecular weight is 341 g/mol. The monoisotopic (exact) mass is 340 g/mol. The van der Waals surface area contributed by atoms with E-state index in [9.17, 15) is 14.7 Å². The van der Waals surface area contributed by atoms with Crippen molar-refractivity contribution in [3.63, 3.8) is 0 Å². The molecular formula is C16H14Cl2O4. The van der Waals surface area contributed by atoms with Gasteiger partial charge in [-0.25, -0.2) is 4.79 Å². The Morgan fingerprint density at radius 3 is 2.45 bits per heavy atom. The summed E-state index contributed by atoms with van der Waals surface area (Å²) >= 11 is 12.0. The molecule has 0 saturated heterocycles. The van der Waals surface area contributed by atoms with E-state index in [2.05, 4.69) is 0 Å². The van der Waals surface area contributed by atoms with Crippen molar-refractivity contribution in [3.8, 4) is 0 Å². The zero-order chi connectivity index (χ0) is 16.5. The Hall–Kier alpha value is -1.78. The van der Waals surface area contributed by atoms with Crippen LogP contribution in [0.3, 0.4) is 0 Å². The summed E-state index contributed by atoms with van der Waals surface area (Å²) in [5.74, 6) is -2.18. The minimum absolute atomic E-state index is 0.0677. The van der Waals surface area contributed by atoms with Crippen molar-refractivity contribution in [2.75, 3.05) is 0 Å². The van der Waals surface area contributed by atoms with Gasteiger partial charge in [0.1, 0.15) is 0 Å². The van der Waals surface area contributed by atoms with Gasteiger partial charge >= 0.3 is 11.9 Å². The van der Waals surface area contributed by atoms with Gasteiger partial charge in [-0.1, -0.05) is 47.0 Å². The molecule has 22 heavy (non-hydrogen) atoms. The highest BCUT2D eigenvalue weighted by molar-refractivity contribution is 6.35. The van der Waals surface area contributed by atoms with E-state index in [0.29, 0.717) is 21.2 Å². The molecule has 0 amide bonds. The van der Waals surface area contributed by atoms with Crippen LogP contribution in [0, 0.1) is 5.41 Å². The van der Waals surface area contributed by atoms with Crippen molar-refractivity contribution in [3.05, 3.63) is 57.1 Å². The fourth-order valence-corrected chi connectivity index (χ4v) is 3.04. The van der Waals surface area contributed by atoms with Crippen molar-refractivity contribution in [2.45, 2.75) is 19.8 Å². The Kier molecular flexibility index (Phi) is 4.63. The summed E-state index contributed by atoms with van der Waals surface area (Å²) in [5.41, 5.74) is -0.0399. The second-order valence-electron chi connectivity index (χ2n) is 5.32. The second-order valence-corrected chi connectivity index (χ2v) is 6.17. The van der Waals surface area contributed by atoms with Gasteiger partial charge in [0.05, 0.1) is 5.41 Å². The minimum atomic E-state index is -1.32. The molecule has 0 saturated carbocycles. The first-order valence-corrected chi connectivity index (χ1v) is 7.30. The topological polar surface area (TPSA) is 74.6 Å². The molecule has 1 aliphatic rings. The number of benzene rings is 1. The molecule has 0 aliphatic heterocycles. The predicted molar refractivity (Wildman–Crippen MR) is 84.3 cm³/mol. The lowest BCUT2D eigenvalue weighted by atomic mass is 9.69. The molecule has 6 heteroatoms. The van der Waals surface area contributed by atoms with Crippen LogP contribution in [0.15, 0.2) is 41.5 Å². The quantitative estimate of drug-likeness (QED) is 0.869. The van der Waals surface area contributed by atoms with Crippen molar-refractivity contribution < 1.29 is 19.8 Å².